The predicted octanol–water partition coefficient (Wildman–Crippen LogP) is 6.02. The van der Waals surface area contributed by atoms with Gasteiger partial charge in [-0.15, -0.1) is 5.10 Å². The first kappa shape index (κ1) is 30.9. The second-order valence-corrected chi connectivity index (χ2v) is 13.6. The van der Waals surface area contributed by atoms with E-state index in [0.717, 1.165) is 10.5 Å². The van der Waals surface area contributed by atoms with E-state index in [4.69, 9.17) is 18.9 Å². The summed E-state index contributed by atoms with van der Waals surface area (Å²) >= 11 is 0. The van der Waals surface area contributed by atoms with Gasteiger partial charge in [-0.05, 0) is 89.4 Å². The Balaban J connectivity index is 1.44. The zero-order chi connectivity index (χ0) is 33.3. The van der Waals surface area contributed by atoms with Crippen LogP contribution in [0.4, 0.5) is 26.9 Å². The molecule has 0 saturated heterocycles. The minimum Gasteiger partial charge on any atom is -0.497 e. The fourth-order valence-electron chi connectivity index (χ4n) is 6.01. The van der Waals surface area contributed by atoms with Gasteiger partial charge in [0.15, 0.2) is 17.4 Å². The summed E-state index contributed by atoms with van der Waals surface area (Å²) in [6.45, 7) is 10.6. The van der Waals surface area contributed by atoms with Crippen LogP contribution in [-0.2, 0) is 26.7 Å². The lowest BCUT2D eigenvalue weighted by Gasteiger charge is -2.24. The minimum atomic E-state index is -1.01. The van der Waals surface area contributed by atoms with E-state index in [-0.39, 0.29) is 11.8 Å². The first-order valence-electron chi connectivity index (χ1n) is 14.9. The van der Waals surface area contributed by atoms with Gasteiger partial charge in [0.1, 0.15) is 17.0 Å². The molecule has 2 aromatic carbocycles. The van der Waals surface area contributed by atoms with Crippen LogP contribution in [0.3, 0.4) is 0 Å². The first-order chi connectivity index (χ1) is 21.6. The van der Waals surface area contributed by atoms with Gasteiger partial charge in [0.2, 0.25) is 5.91 Å². The molecule has 0 bridgehead atoms. The molecule has 13 nitrogen and oxygen atoms in total. The van der Waals surface area contributed by atoms with E-state index in [0.29, 0.717) is 51.7 Å². The van der Waals surface area contributed by atoms with Gasteiger partial charge >= 0.3 is 12.2 Å². The molecule has 0 radical (unpaired) electrons. The number of carbonyl (C=O) groups excluding carboxylic acids is 3. The third-order valence-corrected chi connectivity index (χ3v) is 8.08. The highest BCUT2D eigenvalue weighted by Crippen LogP contribution is 2.67. The zero-order valence-electron chi connectivity index (χ0n) is 27.4. The van der Waals surface area contributed by atoms with Crippen LogP contribution in [0.2, 0.25) is 0 Å². The van der Waals surface area contributed by atoms with Crippen molar-refractivity contribution < 1.29 is 33.3 Å². The molecule has 0 unspecified atom stereocenters. The van der Waals surface area contributed by atoms with Crippen molar-refractivity contribution in [2.24, 2.45) is 7.05 Å². The Morgan fingerprint density at radius 2 is 1.65 bits per heavy atom. The van der Waals surface area contributed by atoms with E-state index in [9.17, 15) is 14.4 Å². The van der Waals surface area contributed by atoms with Gasteiger partial charge < -0.3 is 24.3 Å². The Morgan fingerprint density at radius 1 is 0.957 bits per heavy atom. The summed E-state index contributed by atoms with van der Waals surface area (Å²) in [6.07, 6.45) is 0.639. The summed E-state index contributed by atoms with van der Waals surface area (Å²) in [6, 6.07) is 10.9. The average Bonchev–Trinajstić information content (AvgIpc) is 3.38. The number of nitrogens with one attached hydrogen (secondary N) is 1. The second-order valence-electron chi connectivity index (χ2n) is 13.6. The van der Waals surface area contributed by atoms with Gasteiger partial charge in [0.05, 0.1) is 37.0 Å². The zero-order valence-corrected chi connectivity index (χ0v) is 27.4. The number of rotatable bonds is 5. The maximum Gasteiger partial charge on any atom is 0.435 e. The molecule has 242 valence electrons. The van der Waals surface area contributed by atoms with Crippen LogP contribution in [0.25, 0.3) is 10.9 Å². The van der Waals surface area contributed by atoms with Crippen molar-refractivity contribution in [2.45, 2.75) is 70.5 Å². The molecule has 2 aromatic heterocycles. The summed E-state index contributed by atoms with van der Waals surface area (Å²) in [5.41, 5.74) is -0.116. The van der Waals surface area contributed by atoms with Gasteiger partial charge in [-0.1, -0.05) is 6.07 Å². The molecule has 1 aliphatic heterocycles. The highest BCUT2D eigenvalue weighted by atomic mass is 16.6. The maximum absolute atomic E-state index is 14.2. The number of amides is 2. The quantitative estimate of drug-likeness (QED) is 0.278. The fourth-order valence-corrected chi connectivity index (χ4v) is 6.01. The van der Waals surface area contributed by atoms with E-state index < -0.39 is 28.8 Å². The molecule has 1 aliphatic carbocycles. The molecule has 2 atom stereocenters. The van der Waals surface area contributed by atoms with E-state index in [2.05, 4.69) is 15.5 Å². The summed E-state index contributed by atoms with van der Waals surface area (Å²) in [5.74, 6) is 1.36. The first-order valence-corrected chi connectivity index (χ1v) is 14.9. The summed E-state index contributed by atoms with van der Waals surface area (Å²) in [4.78, 5) is 42.1. The molecule has 1 N–H and O–H groups in total. The Labute approximate surface area is 266 Å². The van der Waals surface area contributed by atoms with Crippen LogP contribution < -0.4 is 19.7 Å². The molecule has 46 heavy (non-hydrogen) atoms. The number of aryl methyl sites for hydroxylation is 1. The molecule has 2 amide bonds. The van der Waals surface area contributed by atoms with E-state index in [1.54, 1.807) is 85.8 Å². The van der Waals surface area contributed by atoms with Crippen LogP contribution in [0.15, 0.2) is 42.6 Å². The molecule has 1 spiro atoms. The third kappa shape index (κ3) is 5.09. The molecule has 3 heterocycles. The normalized spacial score (nSPS) is 18.9. The second kappa shape index (κ2) is 10.5. The minimum absolute atomic E-state index is 0.293. The van der Waals surface area contributed by atoms with Gasteiger partial charge in [-0.2, -0.15) is 9.78 Å². The van der Waals surface area contributed by atoms with Gasteiger partial charge in [-0.25, -0.2) is 19.2 Å². The van der Waals surface area contributed by atoms with Crippen molar-refractivity contribution in [3.8, 4) is 11.5 Å². The monoisotopic (exact) mass is 630 g/mol. The highest BCUT2D eigenvalue weighted by molar-refractivity contribution is 6.23. The maximum atomic E-state index is 14.2. The molecular weight excluding hydrogens is 592 g/mol. The smallest absolute Gasteiger partial charge is 0.435 e. The van der Waals surface area contributed by atoms with Gasteiger partial charge in [-0.3, -0.25) is 4.79 Å². The topological polar surface area (TPSA) is 139 Å². The highest BCUT2D eigenvalue weighted by Gasteiger charge is 2.68. The van der Waals surface area contributed by atoms with Crippen molar-refractivity contribution in [1.29, 1.82) is 0 Å². The van der Waals surface area contributed by atoms with Crippen LogP contribution in [0, 0.1) is 0 Å². The predicted molar refractivity (Wildman–Crippen MR) is 170 cm³/mol. The van der Waals surface area contributed by atoms with Gasteiger partial charge in [0.25, 0.3) is 0 Å². The van der Waals surface area contributed by atoms with E-state index >= 15 is 0 Å². The molecule has 6 rings (SSSR count). The Kier molecular flexibility index (Phi) is 7.06. The van der Waals surface area contributed by atoms with Crippen molar-refractivity contribution in [3.05, 3.63) is 53.7 Å². The number of aromatic nitrogens is 4. The largest absolute Gasteiger partial charge is 0.497 e. The summed E-state index contributed by atoms with van der Waals surface area (Å²) < 4.78 is 25.1. The lowest BCUT2D eigenvalue weighted by molar-refractivity contribution is -0.120. The molecule has 1 saturated carbocycles. The van der Waals surface area contributed by atoms with Crippen molar-refractivity contribution in [2.75, 3.05) is 24.4 Å². The van der Waals surface area contributed by atoms with Crippen LogP contribution in [0.1, 0.15) is 65.0 Å². The number of nitrogens with zero attached hydrogens (tertiary/aromatic N) is 5. The van der Waals surface area contributed by atoms with Crippen LogP contribution in [-0.4, -0.2) is 63.1 Å². The molecule has 1 fully saturated rings. The number of hydrogen-bond acceptors (Lipinski definition) is 10. The lowest BCUT2D eigenvalue weighted by atomic mass is 9.91. The number of benzene rings is 2. The van der Waals surface area contributed by atoms with Crippen LogP contribution in [0.5, 0.6) is 11.5 Å². The number of methoxy groups -OCH3 is 2. The number of carbonyl (C=O) groups is 3. The lowest BCUT2D eigenvalue weighted by Crippen LogP contribution is -2.41. The number of fused-ring (bicyclic) bond motifs is 3. The average molecular weight is 631 g/mol. The van der Waals surface area contributed by atoms with E-state index in [1.807, 2.05) is 24.3 Å². The third-order valence-electron chi connectivity index (χ3n) is 8.08. The molecular formula is C33H38N6O7. The molecule has 13 heteroatoms. The Morgan fingerprint density at radius 3 is 2.30 bits per heavy atom. The number of hydrogen-bond donors (Lipinski definition) is 1. The summed E-state index contributed by atoms with van der Waals surface area (Å²) in [7, 11) is 4.85. The molecule has 4 aromatic rings. The van der Waals surface area contributed by atoms with Gasteiger partial charge in [0, 0.05) is 18.4 Å². The Bertz CT molecular complexity index is 1900. The van der Waals surface area contributed by atoms with Crippen molar-refractivity contribution in [1.82, 2.24) is 19.6 Å². The number of ether oxygens (including phenoxy) is 4. The summed E-state index contributed by atoms with van der Waals surface area (Å²) in [5, 5.41) is 12.7. The fraction of sp³-hybridized carbons (Fsp3) is 0.424. The standard InChI is InChI=1S/C33H38N6O7/c1-31(2,3)45-29(41)38-23-13-11-19(43-8)15-21(23)33(28(38)40)16-22(33)18-10-12-20-24(14-18)39(30(42)46-32(4,5)6)36-26(20)35-27-25(44-9)17-34-37(27)7/h10-15,17,22H,16H2,1-9H3,(H,35,36)/t22-,33-/m0/s1. The number of imide groups is 1. The van der Waals surface area contributed by atoms with Crippen molar-refractivity contribution >= 4 is 46.3 Å². The van der Waals surface area contributed by atoms with Crippen molar-refractivity contribution in [3.63, 3.8) is 0 Å². The Hall–Kier alpha value is -5.07. The van der Waals surface area contributed by atoms with Crippen LogP contribution >= 0.6 is 0 Å². The van der Waals surface area contributed by atoms with E-state index in [1.165, 1.54) is 4.68 Å². The SMILES string of the molecule is COc1ccc2c(c1)[C@]1(C[C@H]1c1ccc3c(Nc4c(OC)cnn4C)nn(C(=O)OC(C)(C)C)c3c1)C(=O)N2C(=O)OC(C)(C)C. The number of anilines is 3. The molecule has 2 aliphatic rings.